The molecule has 0 fully saturated rings. The molecule has 3 heterocycles. The van der Waals surface area contributed by atoms with E-state index < -0.39 is 0 Å². The molecule has 2 aliphatic rings. The highest BCUT2D eigenvalue weighted by atomic mass is 15.2. The first-order valence-corrected chi connectivity index (χ1v) is 12.0. The largest absolute Gasteiger partial charge is 0.359 e. The first-order chi connectivity index (χ1) is 17.4. The predicted molar refractivity (Wildman–Crippen MR) is 146 cm³/mol. The van der Waals surface area contributed by atoms with Crippen LogP contribution in [-0.2, 0) is 0 Å². The normalized spacial score (nSPS) is 13.0. The van der Waals surface area contributed by atoms with E-state index in [0.29, 0.717) is 0 Å². The molecule has 0 amide bonds. The van der Waals surface area contributed by atoms with Gasteiger partial charge in [0.15, 0.2) is 0 Å². The van der Waals surface area contributed by atoms with Crippen LogP contribution in [0.2, 0.25) is 0 Å². The third-order valence-corrected chi connectivity index (χ3v) is 7.37. The Bertz CT molecular complexity index is 1760. The van der Waals surface area contributed by atoms with Crippen molar-refractivity contribution in [1.29, 1.82) is 0 Å². The Morgan fingerprint density at radius 1 is 0.571 bits per heavy atom. The molecule has 0 saturated heterocycles. The average Bonchev–Trinajstić information content (AvgIpc) is 3.32. The van der Waals surface area contributed by atoms with Gasteiger partial charge in [-0.3, -0.25) is 0 Å². The lowest BCUT2D eigenvalue weighted by Crippen LogP contribution is -2.56. The number of imidazole rings is 1. The first-order valence-electron chi connectivity index (χ1n) is 12.0. The van der Waals surface area contributed by atoms with E-state index in [2.05, 4.69) is 131 Å². The fourth-order valence-electron chi connectivity index (χ4n) is 6.01. The quantitative estimate of drug-likeness (QED) is 0.299. The molecule has 35 heavy (non-hydrogen) atoms. The number of rotatable bonds is 2. The van der Waals surface area contributed by atoms with Crippen LogP contribution in [0.1, 0.15) is 0 Å². The predicted octanol–water partition coefficient (Wildman–Crippen LogP) is 6.12. The maximum Gasteiger partial charge on any atom is 0.334 e. The standard InChI is InChI=1S/C31H20BN3/c1-3-11-21(12-4-1)31-33-26-18-9-16-24-23-15-10-20-28-29(23)32(35(31)30(24)26)25-17-7-8-19-27(25)34(28)22-13-5-2-6-14-22/h1-20H. The first kappa shape index (κ1) is 18.8. The summed E-state index contributed by atoms with van der Waals surface area (Å²) in [4.78, 5) is 7.60. The van der Waals surface area contributed by atoms with Gasteiger partial charge in [-0.15, -0.1) is 0 Å². The van der Waals surface area contributed by atoms with Crippen molar-refractivity contribution in [3.05, 3.63) is 121 Å². The Morgan fingerprint density at radius 2 is 1.26 bits per heavy atom. The van der Waals surface area contributed by atoms with E-state index in [1.54, 1.807) is 0 Å². The van der Waals surface area contributed by atoms with Gasteiger partial charge in [0, 0.05) is 28.2 Å². The van der Waals surface area contributed by atoms with Gasteiger partial charge in [0.25, 0.3) is 0 Å². The molecule has 1 aromatic heterocycles. The second-order valence-corrected chi connectivity index (χ2v) is 9.22. The summed E-state index contributed by atoms with van der Waals surface area (Å²) < 4.78 is 2.48. The van der Waals surface area contributed by atoms with Gasteiger partial charge < -0.3 is 9.38 Å². The Hall–Kier alpha value is -4.57. The Morgan fingerprint density at radius 3 is 2.11 bits per heavy atom. The number of anilines is 3. The summed E-state index contributed by atoms with van der Waals surface area (Å²) in [5.41, 5.74) is 12.2. The molecule has 3 nitrogen and oxygen atoms in total. The van der Waals surface area contributed by atoms with E-state index >= 15 is 0 Å². The minimum atomic E-state index is 0.0486. The van der Waals surface area contributed by atoms with Crippen LogP contribution in [0.3, 0.4) is 0 Å². The second kappa shape index (κ2) is 6.97. The van der Waals surface area contributed by atoms with Gasteiger partial charge in [0.1, 0.15) is 5.82 Å². The number of aromatic nitrogens is 2. The van der Waals surface area contributed by atoms with Gasteiger partial charge >= 0.3 is 6.85 Å². The van der Waals surface area contributed by atoms with Gasteiger partial charge in [-0.05, 0) is 46.8 Å². The van der Waals surface area contributed by atoms with Crippen LogP contribution in [0.5, 0.6) is 0 Å². The summed E-state index contributed by atoms with van der Waals surface area (Å²) >= 11 is 0. The zero-order chi connectivity index (χ0) is 22.9. The Balaban J connectivity index is 1.53. The summed E-state index contributed by atoms with van der Waals surface area (Å²) in [6.45, 7) is 0.0486. The van der Waals surface area contributed by atoms with Crippen molar-refractivity contribution < 1.29 is 0 Å². The van der Waals surface area contributed by atoms with Crippen molar-refractivity contribution in [1.82, 2.24) is 9.46 Å². The lowest BCUT2D eigenvalue weighted by Gasteiger charge is -2.40. The van der Waals surface area contributed by atoms with Crippen LogP contribution < -0.4 is 15.8 Å². The second-order valence-electron chi connectivity index (χ2n) is 9.22. The lowest BCUT2D eigenvalue weighted by atomic mass is 9.45. The molecule has 6 aromatic rings. The van der Waals surface area contributed by atoms with E-state index in [4.69, 9.17) is 4.98 Å². The monoisotopic (exact) mass is 445 g/mol. The van der Waals surface area contributed by atoms with Crippen LogP contribution in [0.15, 0.2) is 121 Å². The van der Waals surface area contributed by atoms with Crippen LogP contribution in [0, 0.1) is 0 Å². The van der Waals surface area contributed by atoms with Crippen LogP contribution in [0.4, 0.5) is 17.1 Å². The molecule has 2 aliphatic heterocycles. The number of hydrogen-bond acceptors (Lipinski definition) is 2. The van der Waals surface area contributed by atoms with Crippen molar-refractivity contribution in [2.24, 2.45) is 0 Å². The Kier molecular flexibility index (Phi) is 3.75. The highest BCUT2D eigenvalue weighted by Crippen LogP contribution is 2.43. The van der Waals surface area contributed by atoms with Gasteiger partial charge in [0.2, 0.25) is 0 Å². The summed E-state index contributed by atoms with van der Waals surface area (Å²) in [5, 5.41) is 0. The summed E-state index contributed by atoms with van der Waals surface area (Å²) in [5.74, 6) is 1.02. The Labute approximate surface area is 204 Å². The van der Waals surface area contributed by atoms with Crippen molar-refractivity contribution >= 4 is 45.9 Å². The van der Waals surface area contributed by atoms with Crippen molar-refractivity contribution in [3.63, 3.8) is 0 Å². The fourth-order valence-corrected chi connectivity index (χ4v) is 6.01. The minimum absolute atomic E-state index is 0.0486. The maximum atomic E-state index is 5.19. The average molecular weight is 445 g/mol. The van der Waals surface area contributed by atoms with Crippen LogP contribution in [-0.4, -0.2) is 16.3 Å². The highest BCUT2D eigenvalue weighted by Gasteiger charge is 2.42. The van der Waals surface area contributed by atoms with E-state index in [1.165, 1.54) is 44.6 Å². The summed E-state index contributed by atoms with van der Waals surface area (Å²) in [7, 11) is 0. The van der Waals surface area contributed by atoms with Crippen LogP contribution >= 0.6 is 0 Å². The smallest absolute Gasteiger partial charge is 0.334 e. The number of hydrogen-bond donors (Lipinski definition) is 0. The molecule has 4 heteroatoms. The van der Waals surface area contributed by atoms with Crippen molar-refractivity contribution in [2.45, 2.75) is 0 Å². The molecule has 0 bridgehead atoms. The lowest BCUT2D eigenvalue weighted by molar-refractivity contribution is 1.20. The fraction of sp³-hybridized carbons (Fsp3) is 0. The van der Waals surface area contributed by atoms with E-state index in [-0.39, 0.29) is 6.85 Å². The molecule has 0 atom stereocenters. The van der Waals surface area contributed by atoms with Gasteiger partial charge in [-0.1, -0.05) is 91.0 Å². The van der Waals surface area contributed by atoms with E-state index in [9.17, 15) is 0 Å². The SMILES string of the molecule is c1ccc(-c2nc3cccc4c3n2B2c3ccccc3N(c3ccccc3)c3cccc-4c32)cc1. The van der Waals surface area contributed by atoms with Crippen LogP contribution in [0.25, 0.3) is 33.5 Å². The summed E-state index contributed by atoms with van der Waals surface area (Å²) in [6.07, 6.45) is 0. The van der Waals surface area contributed by atoms with Gasteiger partial charge in [0.05, 0.1) is 11.0 Å². The highest BCUT2D eigenvalue weighted by molar-refractivity contribution is 6.89. The number of para-hydroxylation sites is 3. The third-order valence-electron chi connectivity index (χ3n) is 7.37. The molecule has 162 valence electrons. The third kappa shape index (κ3) is 2.48. The molecule has 0 unspecified atom stereocenters. The van der Waals surface area contributed by atoms with Gasteiger partial charge in [-0.25, -0.2) is 4.98 Å². The minimum Gasteiger partial charge on any atom is -0.359 e. The number of fused-ring (bicyclic) bond motifs is 4. The molecule has 0 radical (unpaired) electrons. The zero-order valence-corrected chi connectivity index (χ0v) is 19.0. The molecule has 0 N–H and O–H groups in total. The molecule has 5 aromatic carbocycles. The van der Waals surface area contributed by atoms with Crippen molar-refractivity contribution in [3.8, 4) is 22.5 Å². The number of nitrogens with zero attached hydrogens (tertiary/aromatic N) is 3. The molecular formula is C31H20BN3. The zero-order valence-electron chi connectivity index (χ0n) is 19.0. The molecule has 8 rings (SSSR count). The molecule has 0 saturated carbocycles. The molecule has 0 aliphatic carbocycles. The maximum absolute atomic E-state index is 5.19. The van der Waals surface area contributed by atoms with Crippen molar-refractivity contribution in [2.75, 3.05) is 4.90 Å². The van der Waals surface area contributed by atoms with E-state index in [1.807, 2.05) is 0 Å². The molecular weight excluding hydrogens is 425 g/mol. The number of benzene rings is 5. The summed E-state index contributed by atoms with van der Waals surface area (Å²) in [6, 6.07) is 43.3. The van der Waals surface area contributed by atoms with E-state index in [0.717, 1.165) is 16.9 Å². The van der Waals surface area contributed by atoms with Gasteiger partial charge in [-0.2, -0.15) is 0 Å². The molecule has 0 spiro atoms. The topological polar surface area (TPSA) is 21.1 Å².